The van der Waals surface area contributed by atoms with Crippen LogP contribution in [-0.4, -0.2) is 80.2 Å². The second-order valence-electron chi connectivity index (χ2n) is 8.07. The Labute approximate surface area is 175 Å². The van der Waals surface area contributed by atoms with Crippen LogP contribution in [0.25, 0.3) is 0 Å². The van der Waals surface area contributed by atoms with Gasteiger partial charge >= 0.3 is 5.97 Å². The fourth-order valence-corrected chi connectivity index (χ4v) is 2.61. The summed E-state index contributed by atoms with van der Waals surface area (Å²) < 4.78 is 0. The van der Waals surface area contributed by atoms with Crippen LogP contribution in [0.3, 0.4) is 0 Å². The molecule has 0 aromatic carbocycles. The van der Waals surface area contributed by atoms with E-state index in [0.29, 0.717) is 6.42 Å². The van der Waals surface area contributed by atoms with Crippen molar-refractivity contribution in [3.63, 3.8) is 0 Å². The largest absolute Gasteiger partial charge is 0.481 e. The van der Waals surface area contributed by atoms with Crippen molar-refractivity contribution in [3.05, 3.63) is 0 Å². The van der Waals surface area contributed by atoms with Crippen LogP contribution in [0.2, 0.25) is 0 Å². The van der Waals surface area contributed by atoms with Crippen molar-refractivity contribution in [1.29, 1.82) is 0 Å². The highest BCUT2D eigenvalue weighted by molar-refractivity contribution is 5.91. The van der Waals surface area contributed by atoms with Crippen LogP contribution in [-0.2, 0) is 19.2 Å². The predicted octanol–water partition coefficient (Wildman–Crippen LogP) is -2.61. The van der Waals surface area contributed by atoms with Crippen LogP contribution in [0.5, 0.6) is 0 Å². The van der Waals surface area contributed by atoms with Gasteiger partial charge in [-0.15, -0.1) is 0 Å². The normalized spacial score (nSPS) is 16.7. The van der Waals surface area contributed by atoms with Crippen molar-refractivity contribution in [1.82, 2.24) is 16.0 Å². The Balaban J connectivity index is 5.38. The van der Waals surface area contributed by atoms with E-state index in [4.69, 9.17) is 10.8 Å². The molecule has 9 N–H and O–H groups in total. The van der Waals surface area contributed by atoms with Crippen molar-refractivity contribution in [2.75, 3.05) is 6.61 Å². The molecular weight excluding hydrogens is 400 g/mol. The van der Waals surface area contributed by atoms with E-state index in [9.17, 15) is 34.5 Å². The van der Waals surface area contributed by atoms with Crippen molar-refractivity contribution in [2.24, 2.45) is 11.7 Å². The maximum Gasteiger partial charge on any atom is 0.305 e. The molecule has 0 aliphatic rings. The zero-order valence-electron chi connectivity index (χ0n) is 17.9. The van der Waals surface area contributed by atoms with E-state index < -0.39 is 66.2 Å². The number of nitrogens with one attached hydrogen (secondary N) is 3. The van der Waals surface area contributed by atoms with Gasteiger partial charge in [-0.05, 0) is 26.2 Å². The lowest BCUT2D eigenvalue weighted by molar-refractivity contribution is -0.234. The predicted molar refractivity (Wildman–Crippen MR) is 106 cm³/mol. The molecule has 0 fully saturated rings. The summed E-state index contributed by atoms with van der Waals surface area (Å²) in [5.41, 5.74) is 3.58. The topological polar surface area (TPSA) is 211 Å². The number of hydrogen-bond donors (Lipinski definition) is 8. The molecular formula is C18H34N4O8. The second-order valence-corrected chi connectivity index (χ2v) is 8.07. The standard InChI is InChI=1S/C18H34N4O8/c1-9(2)6-12(21-11(4)24)16(28)20-10(3)15(27)22-13(7-14(25)26)18(29,30)17(5,19)8-23/h9-10,12-13,23,29-30H,6-8,19H2,1-5H3,(H,20,28)(H,21,24)(H,22,27)(H,25,26)/t10-,12-,13-,17-/m0/s1. The number of aliphatic hydroxyl groups excluding tert-OH is 1. The minimum atomic E-state index is -2.98. The summed E-state index contributed by atoms with van der Waals surface area (Å²) in [6.07, 6.45) is -0.589. The van der Waals surface area contributed by atoms with Crippen molar-refractivity contribution in [2.45, 2.75) is 76.9 Å². The Hall–Kier alpha value is -2.28. The lowest BCUT2D eigenvalue weighted by atomic mass is 9.85. The molecule has 0 aliphatic heterocycles. The number of carbonyl (C=O) groups excluding carboxylic acids is 3. The Morgan fingerprint density at radius 3 is 1.93 bits per heavy atom. The molecule has 0 heterocycles. The van der Waals surface area contributed by atoms with Crippen LogP contribution < -0.4 is 21.7 Å². The highest BCUT2D eigenvalue weighted by Gasteiger charge is 2.50. The first kappa shape index (κ1) is 27.7. The van der Waals surface area contributed by atoms with Crippen LogP contribution in [0.4, 0.5) is 0 Å². The molecule has 0 rings (SSSR count). The van der Waals surface area contributed by atoms with Gasteiger partial charge in [0.15, 0.2) is 0 Å². The summed E-state index contributed by atoms with van der Waals surface area (Å²) in [5, 5.41) is 46.0. The van der Waals surface area contributed by atoms with E-state index >= 15 is 0 Å². The first-order valence-corrected chi connectivity index (χ1v) is 9.49. The third kappa shape index (κ3) is 8.22. The molecule has 30 heavy (non-hydrogen) atoms. The zero-order valence-corrected chi connectivity index (χ0v) is 17.9. The summed E-state index contributed by atoms with van der Waals surface area (Å²) >= 11 is 0. The van der Waals surface area contributed by atoms with Crippen molar-refractivity contribution < 1.29 is 39.6 Å². The van der Waals surface area contributed by atoms with Crippen LogP contribution in [0.15, 0.2) is 0 Å². The van der Waals surface area contributed by atoms with E-state index in [2.05, 4.69) is 16.0 Å². The van der Waals surface area contributed by atoms with Crippen LogP contribution >= 0.6 is 0 Å². The first-order valence-electron chi connectivity index (χ1n) is 9.49. The van der Waals surface area contributed by atoms with Gasteiger partial charge in [0, 0.05) is 6.92 Å². The molecule has 3 amide bonds. The number of aliphatic hydroxyl groups is 3. The van der Waals surface area contributed by atoms with Gasteiger partial charge in [0.2, 0.25) is 23.5 Å². The number of carboxylic acid groups (broad SMARTS) is 1. The fourth-order valence-electron chi connectivity index (χ4n) is 2.61. The van der Waals surface area contributed by atoms with Crippen molar-refractivity contribution >= 4 is 23.7 Å². The van der Waals surface area contributed by atoms with Gasteiger partial charge < -0.3 is 42.1 Å². The Morgan fingerprint density at radius 1 is 1.00 bits per heavy atom. The van der Waals surface area contributed by atoms with Crippen LogP contribution in [0.1, 0.15) is 47.5 Å². The third-order valence-corrected chi connectivity index (χ3v) is 4.50. The van der Waals surface area contributed by atoms with Gasteiger partial charge in [0.25, 0.3) is 0 Å². The van der Waals surface area contributed by atoms with Gasteiger partial charge in [-0.25, -0.2) is 0 Å². The molecule has 0 aliphatic carbocycles. The molecule has 0 spiro atoms. The molecule has 0 unspecified atom stereocenters. The maximum absolute atomic E-state index is 12.5. The molecule has 0 aromatic rings. The minimum absolute atomic E-state index is 0.0711. The summed E-state index contributed by atoms with van der Waals surface area (Å²) in [6.45, 7) is 6.41. The molecule has 4 atom stereocenters. The lowest BCUT2D eigenvalue weighted by Crippen LogP contribution is -2.71. The molecule has 0 bridgehead atoms. The minimum Gasteiger partial charge on any atom is -0.481 e. The molecule has 0 saturated heterocycles. The van der Waals surface area contributed by atoms with Gasteiger partial charge in [-0.1, -0.05) is 13.8 Å². The van der Waals surface area contributed by atoms with Gasteiger partial charge in [-0.2, -0.15) is 0 Å². The van der Waals surface area contributed by atoms with E-state index in [0.717, 1.165) is 6.92 Å². The Bertz CT molecular complexity index is 636. The second kappa shape index (κ2) is 11.2. The number of amides is 3. The molecule has 0 saturated carbocycles. The number of aliphatic carboxylic acids is 1. The maximum atomic E-state index is 12.5. The highest BCUT2D eigenvalue weighted by Crippen LogP contribution is 2.23. The zero-order chi connectivity index (χ0) is 23.9. The number of rotatable bonds is 12. The van der Waals surface area contributed by atoms with Crippen molar-refractivity contribution in [3.8, 4) is 0 Å². The third-order valence-electron chi connectivity index (χ3n) is 4.50. The fraction of sp³-hybridized carbons (Fsp3) is 0.778. The van der Waals surface area contributed by atoms with Crippen LogP contribution in [0, 0.1) is 5.92 Å². The summed E-state index contributed by atoms with van der Waals surface area (Å²) in [7, 11) is 0. The lowest BCUT2D eigenvalue weighted by Gasteiger charge is -2.42. The summed E-state index contributed by atoms with van der Waals surface area (Å²) in [5.74, 6) is -6.33. The molecule has 0 aromatic heterocycles. The van der Waals surface area contributed by atoms with E-state index in [-0.39, 0.29) is 5.92 Å². The first-order chi connectivity index (χ1) is 13.5. The smallest absolute Gasteiger partial charge is 0.305 e. The highest BCUT2D eigenvalue weighted by atomic mass is 16.5. The van der Waals surface area contributed by atoms with E-state index in [1.165, 1.54) is 13.8 Å². The number of carbonyl (C=O) groups is 4. The molecule has 12 nitrogen and oxygen atoms in total. The average Bonchev–Trinajstić information content (AvgIpc) is 2.58. The SMILES string of the molecule is CC(=O)N[C@@H](CC(C)C)C(=O)N[C@@H](C)C(=O)N[C@@H](CC(=O)O)C(O)(O)[C@@](C)(N)CO. The molecule has 12 heteroatoms. The van der Waals surface area contributed by atoms with Gasteiger partial charge in [0.1, 0.15) is 12.1 Å². The van der Waals surface area contributed by atoms with E-state index in [1.807, 2.05) is 13.8 Å². The molecule has 174 valence electrons. The Kier molecular flexibility index (Phi) is 10.4. The number of nitrogens with two attached hydrogens (primary N) is 1. The van der Waals surface area contributed by atoms with Gasteiger partial charge in [0.05, 0.1) is 24.6 Å². The number of carboxylic acids is 1. The quantitative estimate of drug-likeness (QED) is 0.151. The monoisotopic (exact) mass is 434 g/mol. The Morgan fingerprint density at radius 2 is 1.53 bits per heavy atom. The molecule has 0 radical (unpaired) electrons. The van der Waals surface area contributed by atoms with Gasteiger partial charge in [-0.3, -0.25) is 19.2 Å². The van der Waals surface area contributed by atoms with E-state index in [1.54, 1.807) is 0 Å². The number of hydrogen-bond acceptors (Lipinski definition) is 8. The summed E-state index contributed by atoms with van der Waals surface area (Å²) in [4.78, 5) is 47.3. The summed E-state index contributed by atoms with van der Waals surface area (Å²) in [6, 6.07) is -3.87. The average molecular weight is 434 g/mol.